The van der Waals surface area contributed by atoms with Crippen molar-refractivity contribution in [2.24, 2.45) is 5.92 Å². The third kappa shape index (κ3) is 5.31. The number of phenolic OH excluding ortho intramolecular Hbond substituents is 1. The molecule has 4 nitrogen and oxygen atoms in total. The van der Waals surface area contributed by atoms with Gasteiger partial charge >= 0.3 is 0 Å². The van der Waals surface area contributed by atoms with Gasteiger partial charge in [-0.05, 0) is 55.7 Å². The molecule has 1 aliphatic rings. The average Bonchev–Trinajstić information content (AvgIpc) is 2.56. The van der Waals surface area contributed by atoms with Crippen LogP contribution in [0.25, 0.3) is 0 Å². The number of benzene rings is 1. The predicted octanol–water partition coefficient (Wildman–Crippen LogP) is 3.58. The maximum atomic E-state index is 12.2. The first-order valence-electron chi connectivity index (χ1n) is 8.44. The number of carbonyl (C=O) groups excluding carboxylic acids is 1. The number of carbonyl (C=O) groups is 1. The number of aromatic hydroxyl groups is 1. The van der Waals surface area contributed by atoms with E-state index in [-0.39, 0.29) is 17.7 Å². The van der Waals surface area contributed by atoms with Crippen LogP contribution in [0, 0.1) is 5.92 Å². The highest BCUT2D eigenvalue weighted by molar-refractivity contribution is 5.79. The highest BCUT2D eigenvalue weighted by Gasteiger charge is 2.21. The Bertz CT molecular complexity index is 546. The molecule has 2 rings (SSSR count). The summed E-state index contributed by atoms with van der Waals surface area (Å²) in [7, 11) is 1.50. The summed E-state index contributed by atoms with van der Waals surface area (Å²) in [5.41, 5.74) is 0.844. The van der Waals surface area contributed by atoms with Crippen LogP contribution >= 0.6 is 0 Å². The number of rotatable bonds is 6. The third-order valence-corrected chi connectivity index (χ3v) is 4.39. The van der Waals surface area contributed by atoms with Gasteiger partial charge in [0, 0.05) is 6.04 Å². The van der Waals surface area contributed by atoms with Gasteiger partial charge in [-0.3, -0.25) is 4.79 Å². The third-order valence-electron chi connectivity index (χ3n) is 4.39. The number of hydrogen-bond acceptors (Lipinski definition) is 3. The van der Waals surface area contributed by atoms with Gasteiger partial charge in [-0.25, -0.2) is 0 Å². The molecule has 0 aromatic heterocycles. The van der Waals surface area contributed by atoms with E-state index in [1.165, 1.54) is 7.11 Å². The smallest absolute Gasteiger partial charge is 0.224 e. The van der Waals surface area contributed by atoms with E-state index in [4.69, 9.17) is 4.74 Å². The minimum Gasteiger partial charge on any atom is -0.504 e. The average molecular weight is 317 g/mol. The van der Waals surface area contributed by atoms with E-state index in [9.17, 15) is 9.90 Å². The highest BCUT2D eigenvalue weighted by Crippen LogP contribution is 2.27. The van der Waals surface area contributed by atoms with Gasteiger partial charge < -0.3 is 15.2 Å². The molecule has 0 radical (unpaired) electrons. The Morgan fingerprint density at radius 3 is 2.74 bits per heavy atom. The van der Waals surface area contributed by atoms with Gasteiger partial charge in [0.1, 0.15) is 0 Å². The molecule has 1 aromatic rings. The standard InChI is InChI=1S/C19H27NO3/c1-3-4-5-14-6-9-16(10-7-14)20-19(22)13-15-8-11-17(21)18(12-15)23-2/h4-5,8,11-12,14,16,21H,3,6-7,9-10,13H2,1-2H3,(H,20,22)/b5-4+/t14-,16+. The fourth-order valence-corrected chi connectivity index (χ4v) is 3.08. The number of ether oxygens (including phenoxy) is 1. The van der Waals surface area contributed by atoms with Crippen LogP contribution in [0.1, 0.15) is 44.6 Å². The summed E-state index contributed by atoms with van der Waals surface area (Å²) >= 11 is 0. The van der Waals surface area contributed by atoms with E-state index < -0.39 is 0 Å². The molecule has 1 amide bonds. The molecular formula is C19H27NO3. The van der Waals surface area contributed by atoms with E-state index in [1.807, 2.05) is 0 Å². The Kier molecular flexibility index (Phi) is 6.51. The lowest BCUT2D eigenvalue weighted by molar-refractivity contribution is -0.121. The van der Waals surface area contributed by atoms with Crippen molar-refractivity contribution in [1.29, 1.82) is 0 Å². The van der Waals surface area contributed by atoms with E-state index in [1.54, 1.807) is 18.2 Å². The van der Waals surface area contributed by atoms with Crippen LogP contribution in [-0.4, -0.2) is 24.2 Å². The number of phenols is 1. The van der Waals surface area contributed by atoms with E-state index >= 15 is 0 Å². The molecular weight excluding hydrogens is 290 g/mol. The van der Waals surface area contributed by atoms with Crippen LogP contribution in [0.15, 0.2) is 30.4 Å². The van der Waals surface area contributed by atoms with E-state index in [0.717, 1.165) is 37.7 Å². The summed E-state index contributed by atoms with van der Waals surface area (Å²) in [5, 5.41) is 12.7. The zero-order valence-corrected chi connectivity index (χ0v) is 14.0. The van der Waals surface area contributed by atoms with Gasteiger partial charge in [-0.2, -0.15) is 0 Å². The monoisotopic (exact) mass is 317 g/mol. The van der Waals surface area contributed by atoms with Crippen molar-refractivity contribution in [2.75, 3.05) is 7.11 Å². The second-order valence-corrected chi connectivity index (χ2v) is 6.20. The van der Waals surface area contributed by atoms with Gasteiger partial charge in [-0.1, -0.05) is 25.1 Å². The van der Waals surface area contributed by atoms with Gasteiger partial charge in [0.2, 0.25) is 5.91 Å². The molecule has 0 saturated heterocycles. The van der Waals surface area contributed by atoms with Crippen LogP contribution < -0.4 is 10.1 Å². The quantitative estimate of drug-likeness (QED) is 0.788. The van der Waals surface area contributed by atoms with Crippen LogP contribution in [-0.2, 0) is 11.2 Å². The summed E-state index contributed by atoms with van der Waals surface area (Å²) in [6.45, 7) is 2.15. The van der Waals surface area contributed by atoms with Crippen molar-refractivity contribution in [3.05, 3.63) is 35.9 Å². The molecule has 0 bridgehead atoms. The van der Waals surface area contributed by atoms with Crippen molar-refractivity contribution >= 4 is 5.91 Å². The predicted molar refractivity (Wildman–Crippen MR) is 91.7 cm³/mol. The molecule has 0 unspecified atom stereocenters. The first-order chi connectivity index (χ1) is 11.1. The molecule has 1 aliphatic carbocycles. The first-order valence-corrected chi connectivity index (χ1v) is 8.44. The lowest BCUT2D eigenvalue weighted by Gasteiger charge is -2.27. The molecule has 2 N–H and O–H groups in total. The SMILES string of the molecule is CC/C=C/[C@H]1CC[C@@H](NC(=O)Cc2ccc(O)c(OC)c2)CC1. The van der Waals surface area contributed by atoms with Crippen molar-refractivity contribution in [2.45, 2.75) is 51.5 Å². The number of methoxy groups -OCH3 is 1. The van der Waals surface area contributed by atoms with Crippen LogP contribution in [0.5, 0.6) is 11.5 Å². The van der Waals surface area contributed by atoms with Crippen molar-refractivity contribution < 1.29 is 14.6 Å². The zero-order chi connectivity index (χ0) is 16.7. The minimum atomic E-state index is 0.0327. The molecule has 126 valence electrons. The molecule has 1 saturated carbocycles. The van der Waals surface area contributed by atoms with Crippen LogP contribution in [0.4, 0.5) is 0 Å². The molecule has 1 aromatic carbocycles. The molecule has 0 spiro atoms. The molecule has 4 heteroatoms. The van der Waals surface area contributed by atoms with Crippen molar-refractivity contribution in [3.8, 4) is 11.5 Å². The fourth-order valence-electron chi connectivity index (χ4n) is 3.08. The molecule has 0 aliphatic heterocycles. The van der Waals surface area contributed by atoms with Gasteiger partial charge in [-0.15, -0.1) is 0 Å². The Hall–Kier alpha value is -1.97. The van der Waals surface area contributed by atoms with Crippen LogP contribution in [0.2, 0.25) is 0 Å². The second-order valence-electron chi connectivity index (χ2n) is 6.20. The van der Waals surface area contributed by atoms with Gasteiger partial charge in [0.25, 0.3) is 0 Å². The maximum absolute atomic E-state index is 12.2. The van der Waals surface area contributed by atoms with Gasteiger partial charge in [0.15, 0.2) is 11.5 Å². The van der Waals surface area contributed by atoms with E-state index in [2.05, 4.69) is 24.4 Å². The largest absolute Gasteiger partial charge is 0.504 e. The number of allylic oxidation sites excluding steroid dienone is 2. The van der Waals surface area contributed by atoms with Crippen molar-refractivity contribution in [1.82, 2.24) is 5.32 Å². The number of nitrogens with one attached hydrogen (secondary N) is 1. The summed E-state index contributed by atoms with van der Waals surface area (Å²) in [6, 6.07) is 5.31. The topological polar surface area (TPSA) is 58.6 Å². The lowest BCUT2D eigenvalue weighted by atomic mass is 9.85. The summed E-state index contributed by atoms with van der Waals surface area (Å²) in [6.07, 6.45) is 10.3. The molecule has 1 fully saturated rings. The maximum Gasteiger partial charge on any atom is 0.224 e. The Morgan fingerprint density at radius 1 is 1.35 bits per heavy atom. The fraction of sp³-hybridized carbons (Fsp3) is 0.526. The summed E-state index contributed by atoms with van der Waals surface area (Å²) in [5.74, 6) is 1.20. The van der Waals surface area contributed by atoms with Crippen molar-refractivity contribution in [3.63, 3.8) is 0 Å². The Labute approximate surface area is 138 Å². The van der Waals surface area contributed by atoms with E-state index in [0.29, 0.717) is 18.1 Å². The number of hydrogen-bond donors (Lipinski definition) is 2. The normalized spacial score (nSPS) is 21.3. The molecule has 0 heterocycles. The van der Waals surface area contributed by atoms with Crippen LogP contribution in [0.3, 0.4) is 0 Å². The zero-order valence-electron chi connectivity index (χ0n) is 14.0. The lowest BCUT2D eigenvalue weighted by Crippen LogP contribution is -2.38. The minimum absolute atomic E-state index is 0.0327. The second kappa shape index (κ2) is 8.61. The summed E-state index contributed by atoms with van der Waals surface area (Å²) < 4.78 is 5.07. The molecule has 0 atom stereocenters. The first kappa shape index (κ1) is 17.4. The highest BCUT2D eigenvalue weighted by atomic mass is 16.5. The Balaban J connectivity index is 1.80. The molecule has 23 heavy (non-hydrogen) atoms. The summed E-state index contributed by atoms with van der Waals surface area (Å²) in [4.78, 5) is 12.2. The number of amides is 1. The Morgan fingerprint density at radius 2 is 2.09 bits per heavy atom. The van der Waals surface area contributed by atoms with Gasteiger partial charge in [0.05, 0.1) is 13.5 Å².